The molecule has 2 heterocycles. The molecule has 134 valence electrons. The number of likely N-dealkylation sites (tertiary alicyclic amines) is 1. The van der Waals surface area contributed by atoms with Crippen molar-refractivity contribution < 1.29 is 14.4 Å². The number of nitrogens with zero attached hydrogens (tertiary/aromatic N) is 3. The Bertz CT molecular complexity index is 653. The predicted octanol–water partition coefficient (Wildman–Crippen LogP) is 1.47. The van der Waals surface area contributed by atoms with Crippen LogP contribution >= 0.6 is 0 Å². The number of carbonyl (C=O) groups is 3. The van der Waals surface area contributed by atoms with E-state index >= 15 is 0 Å². The Hall–Kier alpha value is -2.37. The van der Waals surface area contributed by atoms with Crippen LogP contribution in [-0.2, 0) is 4.79 Å². The van der Waals surface area contributed by atoms with Gasteiger partial charge in [0.1, 0.15) is 0 Å². The van der Waals surface area contributed by atoms with Gasteiger partial charge < -0.3 is 14.7 Å². The van der Waals surface area contributed by atoms with Gasteiger partial charge in [0.05, 0.1) is 0 Å². The highest BCUT2D eigenvalue weighted by Crippen LogP contribution is 2.19. The summed E-state index contributed by atoms with van der Waals surface area (Å²) in [6, 6.07) is 7.01. The van der Waals surface area contributed by atoms with E-state index in [1.165, 1.54) is 0 Å². The van der Waals surface area contributed by atoms with Gasteiger partial charge in [-0.3, -0.25) is 14.4 Å². The highest BCUT2D eigenvalue weighted by Gasteiger charge is 2.24. The van der Waals surface area contributed by atoms with Gasteiger partial charge in [-0.15, -0.1) is 0 Å². The summed E-state index contributed by atoms with van der Waals surface area (Å²) in [6.45, 7) is 5.90. The Labute approximate surface area is 148 Å². The Morgan fingerprint density at radius 2 is 1.64 bits per heavy atom. The van der Waals surface area contributed by atoms with Crippen LogP contribution in [0.3, 0.4) is 0 Å². The van der Waals surface area contributed by atoms with Crippen LogP contribution in [0, 0.1) is 5.92 Å². The number of hydrogen-bond acceptors (Lipinski definition) is 3. The molecular formula is C19H25N3O3. The fraction of sp³-hybridized carbons (Fsp3) is 0.526. The van der Waals surface area contributed by atoms with Gasteiger partial charge in [0.2, 0.25) is 6.41 Å². The van der Waals surface area contributed by atoms with Crippen molar-refractivity contribution in [2.24, 2.45) is 5.92 Å². The largest absolute Gasteiger partial charge is 0.342 e. The lowest BCUT2D eigenvalue weighted by molar-refractivity contribution is -0.119. The zero-order chi connectivity index (χ0) is 17.8. The molecule has 2 saturated heterocycles. The van der Waals surface area contributed by atoms with Crippen LogP contribution in [0.5, 0.6) is 0 Å². The molecule has 6 nitrogen and oxygen atoms in total. The number of carbonyl (C=O) groups excluding carboxylic acids is 3. The number of piperazine rings is 1. The molecule has 0 bridgehead atoms. The summed E-state index contributed by atoms with van der Waals surface area (Å²) in [5, 5.41) is 0. The van der Waals surface area contributed by atoms with Gasteiger partial charge in [-0.25, -0.2) is 0 Å². The van der Waals surface area contributed by atoms with Gasteiger partial charge in [-0.2, -0.15) is 0 Å². The van der Waals surface area contributed by atoms with E-state index in [1.807, 2.05) is 4.90 Å². The highest BCUT2D eigenvalue weighted by atomic mass is 16.2. The molecule has 0 aromatic heterocycles. The van der Waals surface area contributed by atoms with Gasteiger partial charge in [0.15, 0.2) is 0 Å². The van der Waals surface area contributed by atoms with E-state index in [4.69, 9.17) is 0 Å². The molecule has 0 aliphatic carbocycles. The summed E-state index contributed by atoms with van der Waals surface area (Å²) in [6.07, 6.45) is 3.02. The fourth-order valence-electron chi connectivity index (χ4n) is 3.55. The van der Waals surface area contributed by atoms with Crippen molar-refractivity contribution in [2.75, 3.05) is 39.3 Å². The molecule has 2 aliphatic rings. The number of hydrogen-bond donors (Lipinski definition) is 0. The molecule has 0 radical (unpaired) electrons. The molecule has 1 atom stereocenters. The first-order chi connectivity index (χ1) is 12.1. The maximum Gasteiger partial charge on any atom is 0.253 e. The first-order valence-corrected chi connectivity index (χ1v) is 8.96. The number of rotatable bonds is 3. The second-order valence-electron chi connectivity index (χ2n) is 7.01. The molecule has 2 fully saturated rings. The van der Waals surface area contributed by atoms with Crippen molar-refractivity contribution in [3.8, 4) is 0 Å². The Morgan fingerprint density at radius 3 is 2.24 bits per heavy atom. The normalized spacial score (nSPS) is 21.2. The SMILES string of the molecule is CC1CCCN(C(=O)c2cccc(C(=O)N3CCN(C=O)CC3)c2)C1. The molecule has 0 saturated carbocycles. The summed E-state index contributed by atoms with van der Waals surface area (Å²) in [7, 11) is 0. The molecule has 0 N–H and O–H groups in total. The van der Waals surface area contributed by atoms with E-state index in [1.54, 1.807) is 34.1 Å². The standard InChI is InChI=1S/C19H25N3O3/c1-15-4-3-7-22(13-15)19(25)17-6-2-5-16(12-17)18(24)21-10-8-20(14-23)9-11-21/h2,5-6,12,14-15H,3-4,7-11,13H2,1H3. The molecule has 3 rings (SSSR count). The summed E-state index contributed by atoms with van der Waals surface area (Å²) in [4.78, 5) is 41.5. The monoisotopic (exact) mass is 343 g/mol. The van der Waals surface area contributed by atoms with Crippen LogP contribution in [0.15, 0.2) is 24.3 Å². The maximum atomic E-state index is 12.7. The van der Waals surface area contributed by atoms with Crippen LogP contribution in [0.2, 0.25) is 0 Å². The summed E-state index contributed by atoms with van der Waals surface area (Å²) in [5.41, 5.74) is 1.11. The highest BCUT2D eigenvalue weighted by molar-refractivity contribution is 5.99. The van der Waals surface area contributed by atoms with Gasteiger partial charge >= 0.3 is 0 Å². The lowest BCUT2D eigenvalue weighted by Crippen LogP contribution is -2.48. The predicted molar refractivity (Wildman–Crippen MR) is 94.3 cm³/mol. The van der Waals surface area contributed by atoms with E-state index in [0.717, 1.165) is 32.3 Å². The van der Waals surface area contributed by atoms with Crippen LogP contribution in [0.4, 0.5) is 0 Å². The van der Waals surface area contributed by atoms with Crippen LogP contribution in [0.1, 0.15) is 40.5 Å². The Kier molecular flexibility index (Phi) is 5.36. The topological polar surface area (TPSA) is 60.9 Å². The Balaban J connectivity index is 1.69. The third-order valence-electron chi connectivity index (χ3n) is 5.05. The van der Waals surface area contributed by atoms with Crippen molar-refractivity contribution in [1.29, 1.82) is 0 Å². The molecule has 1 aromatic rings. The van der Waals surface area contributed by atoms with Crippen molar-refractivity contribution in [1.82, 2.24) is 14.7 Å². The van der Waals surface area contributed by atoms with Crippen molar-refractivity contribution >= 4 is 18.2 Å². The van der Waals surface area contributed by atoms with Crippen molar-refractivity contribution in [3.05, 3.63) is 35.4 Å². The minimum Gasteiger partial charge on any atom is -0.342 e. The summed E-state index contributed by atoms with van der Waals surface area (Å²) >= 11 is 0. The van der Waals surface area contributed by atoms with Gasteiger partial charge in [-0.1, -0.05) is 13.0 Å². The Morgan fingerprint density at radius 1 is 1.00 bits per heavy atom. The summed E-state index contributed by atoms with van der Waals surface area (Å²) in [5.74, 6) is 0.454. The zero-order valence-electron chi connectivity index (χ0n) is 14.7. The minimum absolute atomic E-state index is 0.00646. The maximum absolute atomic E-state index is 12.7. The number of amides is 3. The number of piperidine rings is 1. The van der Waals surface area contributed by atoms with Crippen LogP contribution < -0.4 is 0 Å². The molecule has 6 heteroatoms. The van der Waals surface area contributed by atoms with E-state index in [0.29, 0.717) is 43.2 Å². The quantitative estimate of drug-likeness (QED) is 0.781. The zero-order valence-corrected chi connectivity index (χ0v) is 14.7. The average Bonchev–Trinajstić information content (AvgIpc) is 2.67. The van der Waals surface area contributed by atoms with E-state index in [2.05, 4.69) is 6.92 Å². The minimum atomic E-state index is -0.0767. The third kappa shape index (κ3) is 4.00. The molecular weight excluding hydrogens is 318 g/mol. The van der Waals surface area contributed by atoms with E-state index < -0.39 is 0 Å². The van der Waals surface area contributed by atoms with Crippen LogP contribution in [0.25, 0.3) is 0 Å². The van der Waals surface area contributed by atoms with Gasteiger partial charge in [0.25, 0.3) is 11.8 Å². The lowest BCUT2D eigenvalue weighted by Gasteiger charge is -2.33. The molecule has 2 aliphatic heterocycles. The van der Waals surface area contributed by atoms with Crippen molar-refractivity contribution in [2.45, 2.75) is 19.8 Å². The van der Waals surface area contributed by atoms with Crippen molar-refractivity contribution in [3.63, 3.8) is 0 Å². The van der Waals surface area contributed by atoms with E-state index in [9.17, 15) is 14.4 Å². The van der Waals surface area contributed by atoms with Gasteiger partial charge in [-0.05, 0) is 37.0 Å². The molecule has 25 heavy (non-hydrogen) atoms. The van der Waals surface area contributed by atoms with Crippen LogP contribution in [-0.4, -0.2) is 72.2 Å². The summed E-state index contributed by atoms with van der Waals surface area (Å²) < 4.78 is 0. The number of benzene rings is 1. The second kappa shape index (κ2) is 7.68. The lowest BCUT2D eigenvalue weighted by atomic mass is 9.99. The molecule has 0 spiro atoms. The third-order valence-corrected chi connectivity index (χ3v) is 5.05. The first kappa shape index (κ1) is 17.5. The van der Waals surface area contributed by atoms with Gasteiger partial charge in [0, 0.05) is 50.4 Å². The first-order valence-electron chi connectivity index (χ1n) is 8.96. The molecule has 1 aromatic carbocycles. The second-order valence-corrected chi connectivity index (χ2v) is 7.01. The molecule has 1 unspecified atom stereocenters. The smallest absolute Gasteiger partial charge is 0.253 e. The fourth-order valence-corrected chi connectivity index (χ4v) is 3.55. The average molecular weight is 343 g/mol. The van der Waals surface area contributed by atoms with E-state index in [-0.39, 0.29) is 11.8 Å². The molecule has 3 amide bonds.